The van der Waals surface area contributed by atoms with Crippen LogP contribution in [0.3, 0.4) is 0 Å². The molecule has 0 unspecified atom stereocenters. The van der Waals surface area contributed by atoms with Crippen molar-refractivity contribution >= 4 is 5.78 Å². The van der Waals surface area contributed by atoms with E-state index in [0.29, 0.717) is 12.8 Å². The van der Waals surface area contributed by atoms with Crippen LogP contribution in [0.4, 0.5) is 0 Å². The molecule has 3 nitrogen and oxygen atoms in total. The molecule has 0 radical (unpaired) electrons. The molecule has 20 heavy (non-hydrogen) atoms. The van der Waals surface area contributed by atoms with Crippen molar-refractivity contribution in [2.45, 2.75) is 12.8 Å². The predicted octanol–water partition coefficient (Wildman–Crippen LogP) is 3.52. The lowest BCUT2D eigenvalue weighted by molar-refractivity contribution is 0.0982. The van der Waals surface area contributed by atoms with E-state index in [9.17, 15) is 4.79 Å². The number of hydrogen-bond acceptors (Lipinski definition) is 3. The quantitative estimate of drug-likeness (QED) is 0.753. The number of Topliss-reactive ketones (excluding diaryl/α,β-unsaturated/α-hetero) is 1. The van der Waals surface area contributed by atoms with Crippen molar-refractivity contribution in [2.24, 2.45) is 0 Å². The molecule has 0 aromatic heterocycles. The number of ether oxygens (including phenoxy) is 2. The Bertz CT molecular complexity index is 576. The summed E-state index contributed by atoms with van der Waals surface area (Å²) in [5.41, 5.74) is 1.76. The van der Waals surface area contributed by atoms with E-state index >= 15 is 0 Å². The Balaban J connectivity index is 2.05. The second kappa shape index (κ2) is 6.75. The zero-order valence-corrected chi connectivity index (χ0v) is 11.8. The summed E-state index contributed by atoms with van der Waals surface area (Å²) >= 11 is 0. The molecule has 0 N–H and O–H groups in total. The molecule has 0 saturated heterocycles. The van der Waals surface area contributed by atoms with Gasteiger partial charge in [0.15, 0.2) is 5.78 Å². The largest absolute Gasteiger partial charge is 0.497 e. The topological polar surface area (TPSA) is 35.5 Å². The second-order valence-electron chi connectivity index (χ2n) is 4.47. The molecule has 0 aliphatic rings. The van der Waals surface area contributed by atoms with E-state index in [4.69, 9.17) is 9.47 Å². The second-order valence-corrected chi connectivity index (χ2v) is 4.47. The van der Waals surface area contributed by atoms with Gasteiger partial charge in [-0.1, -0.05) is 36.4 Å². The highest BCUT2D eigenvalue weighted by molar-refractivity contribution is 5.96. The minimum Gasteiger partial charge on any atom is -0.497 e. The van der Waals surface area contributed by atoms with Crippen LogP contribution in [0.5, 0.6) is 11.5 Å². The van der Waals surface area contributed by atoms with E-state index in [1.54, 1.807) is 14.2 Å². The zero-order valence-electron chi connectivity index (χ0n) is 11.8. The third-order valence-corrected chi connectivity index (χ3v) is 3.21. The summed E-state index contributed by atoms with van der Waals surface area (Å²) in [5.74, 6) is 1.65. The third kappa shape index (κ3) is 3.38. The highest BCUT2D eigenvalue weighted by Gasteiger charge is 2.09. The van der Waals surface area contributed by atoms with Gasteiger partial charge < -0.3 is 9.47 Å². The number of benzene rings is 2. The van der Waals surface area contributed by atoms with Gasteiger partial charge in [-0.15, -0.1) is 0 Å². The summed E-state index contributed by atoms with van der Waals surface area (Å²) in [6, 6.07) is 15.0. The fraction of sp³-hybridized carbons (Fsp3) is 0.235. The summed E-state index contributed by atoms with van der Waals surface area (Å²) < 4.78 is 10.5. The molecule has 2 aromatic rings. The first-order valence-corrected chi connectivity index (χ1v) is 6.53. The first-order chi connectivity index (χ1) is 9.74. The van der Waals surface area contributed by atoms with Crippen molar-refractivity contribution in [2.75, 3.05) is 14.2 Å². The lowest BCUT2D eigenvalue weighted by atomic mass is 10.0. The van der Waals surface area contributed by atoms with E-state index in [-0.39, 0.29) is 5.78 Å². The van der Waals surface area contributed by atoms with Crippen LogP contribution in [0.1, 0.15) is 22.3 Å². The summed E-state index contributed by atoms with van der Waals surface area (Å²) in [7, 11) is 3.24. The Morgan fingerprint density at radius 1 is 1.00 bits per heavy atom. The van der Waals surface area contributed by atoms with Crippen LogP contribution in [-0.2, 0) is 6.42 Å². The van der Waals surface area contributed by atoms with E-state index in [0.717, 1.165) is 22.6 Å². The van der Waals surface area contributed by atoms with Crippen LogP contribution in [0.2, 0.25) is 0 Å². The van der Waals surface area contributed by atoms with Crippen molar-refractivity contribution in [1.82, 2.24) is 0 Å². The lowest BCUT2D eigenvalue weighted by Gasteiger charge is -2.10. The Hall–Kier alpha value is -2.29. The van der Waals surface area contributed by atoms with E-state index < -0.39 is 0 Å². The minimum atomic E-state index is 0.142. The number of carbonyl (C=O) groups excluding carboxylic acids is 1. The van der Waals surface area contributed by atoms with Crippen LogP contribution < -0.4 is 9.47 Å². The molecule has 0 atom stereocenters. The van der Waals surface area contributed by atoms with Gasteiger partial charge in [-0.05, 0) is 18.1 Å². The van der Waals surface area contributed by atoms with E-state index in [1.165, 1.54) is 0 Å². The molecular formula is C17H18O3. The van der Waals surface area contributed by atoms with Gasteiger partial charge in [-0.2, -0.15) is 0 Å². The average molecular weight is 270 g/mol. The molecule has 104 valence electrons. The van der Waals surface area contributed by atoms with Crippen molar-refractivity contribution in [3.05, 3.63) is 59.7 Å². The van der Waals surface area contributed by atoms with Gasteiger partial charge in [0.25, 0.3) is 0 Å². The summed E-state index contributed by atoms with van der Waals surface area (Å²) in [5, 5.41) is 0. The lowest BCUT2D eigenvalue weighted by Crippen LogP contribution is -2.02. The number of carbonyl (C=O) groups is 1. The third-order valence-electron chi connectivity index (χ3n) is 3.21. The molecule has 0 bridgehead atoms. The molecule has 2 aromatic carbocycles. The predicted molar refractivity (Wildman–Crippen MR) is 78.6 cm³/mol. The maximum absolute atomic E-state index is 12.1. The number of ketones is 1. The normalized spacial score (nSPS) is 10.1. The van der Waals surface area contributed by atoms with Crippen molar-refractivity contribution in [3.63, 3.8) is 0 Å². The SMILES string of the molecule is COc1ccc(CCC(=O)c2ccccc2)c(OC)c1. The highest BCUT2D eigenvalue weighted by Crippen LogP contribution is 2.25. The first-order valence-electron chi connectivity index (χ1n) is 6.53. The molecule has 0 fully saturated rings. The van der Waals surface area contributed by atoms with Gasteiger partial charge in [0, 0.05) is 18.1 Å². The fourth-order valence-corrected chi connectivity index (χ4v) is 2.07. The summed E-state index contributed by atoms with van der Waals surface area (Å²) in [4.78, 5) is 12.1. The van der Waals surface area contributed by atoms with Crippen LogP contribution >= 0.6 is 0 Å². The highest BCUT2D eigenvalue weighted by atomic mass is 16.5. The monoisotopic (exact) mass is 270 g/mol. The maximum atomic E-state index is 12.1. The Morgan fingerprint density at radius 2 is 1.75 bits per heavy atom. The van der Waals surface area contributed by atoms with Crippen molar-refractivity contribution in [3.8, 4) is 11.5 Å². The van der Waals surface area contributed by atoms with Gasteiger partial charge in [-0.25, -0.2) is 0 Å². The smallest absolute Gasteiger partial charge is 0.163 e. The minimum absolute atomic E-state index is 0.142. The van der Waals surface area contributed by atoms with Crippen LogP contribution in [0.25, 0.3) is 0 Å². The van der Waals surface area contributed by atoms with Gasteiger partial charge >= 0.3 is 0 Å². The van der Waals surface area contributed by atoms with Crippen LogP contribution in [-0.4, -0.2) is 20.0 Å². The average Bonchev–Trinajstić information content (AvgIpc) is 2.53. The zero-order chi connectivity index (χ0) is 14.4. The van der Waals surface area contributed by atoms with Gasteiger partial charge in [0.05, 0.1) is 14.2 Å². The fourth-order valence-electron chi connectivity index (χ4n) is 2.07. The van der Waals surface area contributed by atoms with E-state index in [1.807, 2.05) is 48.5 Å². The molecular weight excluding hydrogens is 252 g/mol. The van der Waals surface area contributed by atoms with Crippen LogP contribution in [0.15, 0.2) is 48.5 Å². The van der Waals surface area contributed by atoms with Crippen LogP contribution in [0, 0.1) is 0 Å². The Kier molecular flexibility index (Phi) is 4.77. The van der Waals surface area contributed by atoms with Crippen molar-refractivity contribution in [1.29, 1.82) is 0 Å². The Morgan fingerprint density at radius 3 is 2.40 bits per heavy atom. The molecule has 0 aliphatic carbocycles. The molecule has 0 spiro atoms. The molecule has 0 heterocycles. The maximum Gasteiger partial charge on any atom is 0.163 e. The molecule has 2 rings (SSSR count). The first kappa shape index (κ1) is 14.1. The summed E-state index contributed by atoms with van der Waals surface area (Å²) in [6.07, 6.45) is 1.12. The van der Waals surface area contributed by atoms with Crippen molar-refractivity contribution < 1.29 is 14.3 Å². The number of methoxy groups -OCH3 is 2. The summed E-state index contributed by atoms with van der Waals surface area (Å²) in [6.45, 7) is 0. The number of rotatable bonds is 6. The molecule has 3 heteroatoms. The molecule has 0 aliphatic heterocycles. The standard InChI is InChI=1S/C17H18O3/c1-19-15-10-8-14(17(12-15)20-2)9-11-16(18)13-6-4-3-5-7-13/h3-8,10,12H,9,11H2,1-2H3. The van der Waals surface area contributed by atoms with Gasteiger partial charge in [0.1, 0.15) is 11.5 Å². The van der Waals surface area contributed by atoms with Gasteiger partial charge in [0.2, 0.25) is 0 Å². The number of aryl methyl sites for hydroxylation is 1. The van der Waals surface area contributed by atoms with Gasteiger partial charge in [-0.3, -0.25) is 4.79 Å². The number of hydrogen-bond donors (Lipinski definition) is 0. The van der Waals surface area contributed by atoms with E-state index in [2.05, 4.69) is 0 Å². The Labute approximate surface area is 119 Å². The molecule has 0 saturated carbocycles. The molecule has 0 amide bonds.